The lowest BCUT2D eigenvalue weighted by molar-refractivity contribution is 0.556. The van der Waals surface area contributed by atoms with Crippen LogP contribution in [0.2, 0.25) is 0 Å². The number of benzene rings is 1. The topological polar surface area (TPSA) is 0 Å². The minimum Gasteiger partial charge on any atom is -0.0683 e. The molecule has 0 spiro atoms. The molecule has 0 aliphatic carbocycles. The van der Waals surface area contributed by atoms with Gasteiger partial charge in [0.2, 0.25) is 0 Å². The van der Waals surface area contributed by atoms with Crippen LogP contribution >= 0.6 is 0 Å². The molecule has 0 amide bonds. The summed E-state index contributed by atoms with van der Waals surface area (Å²) in [6, 6.07) is 10.7. The molecule has 0 fully saturated rings. The second-order valence-electron chi connectivity index (χ2n) is 3.77. The van der Waals surface area contributed by atoms with Gasteiger partial charge in [-0.2, -0.15) is 0 Å². The fourth-order valence-electron chi connectivity index (χ4n) is 1.36. The van der Waals surface area contributed by atoms with E-state index in [1.165, 1.54) is 24.8 Å². The van der Waals surface area contributed by atoms with E-state index in [0.717, 1.165) is 5.92 Å². The molecule has 0 heteroatoms. The molecule has 0 heterocycles. The summed E-state index contributed by atoms with van der Waals surface area (Å²) in [5.74, 6) is 0.841. The largest absolute Gasteiger partial charge is 0.0683 e. The molecule has 0 atom stereocenters. The van der Waals surface area contributed by atoms with E-state index >= 15 is 0 Å². The third-order valence-electron chi connectivity index (χ3n) is 2.09. The van der Waals surface area contributed by atoms with Gasteiger partial charge in [-0.15, -0.1) is 0 Å². The van der Waals surface area contributed by atoms with Crippen LogP contribution in [0.4, 0.5) is 0 Å². The van der Waals surface area contributed by atoms with Gasteiger partial charge in [-0.05, 0) is 24.3 Å². The van der Waals surface area contributed by atoms with E-state index in [-0.39, 0.29) is 0 Å². The van der Waals surface area contributed by atoms with E-state index in [9.17, 15) is 0 Å². The highest BCUT2D eigenvalue weighted by atomic mass is 14.0. The van der Waals surface area contributed by atoms with Crippen LogP contribution in [0.3, 0.4) is 0 Å². The molecule has 0 saturated heterocycles. The number of aryl methyl sites for hydroxylation is 1. The fraction of sp³-hybridized carbons (Fsp3) is 0.625. The maximum absolute atomic E-state index is 2.28. The molecule has 0 N–H and O–H groups in total. The summed E-state index contributed by atoms with van der Waals surface area (Å²) < 4.78 is 0. The summed E-state index contributed by atoms with van der Waals surface area (Å²) in [5.41, 5.74) is 1.47. The van der Waals surface area contributed by atoms with Crippen LogP contribution in [0.15, 0.2) is 30.3 Å². The Morgan fingerprint density at radius 2 is 1.38 bits per heavy atom. The van der Waals surface area contributed by atoms with Crippen LogP contribution in [-0.4, -0.2) is 0 Å². The Bertz CT molecular complexity index is 199. The van der Waals surface area contributed by atoms with Gasteiger partial charge >= 0.3 is 0 Å². The Morgan fingerprint density at radius 1 is 0.875 bits per heavy atom. The molecule has 0 nitrogen and oxygen atoms in total. The Labute approximate surface area is 103 Å². The van der Waals surface area contributed by atoms with Gasteiger partial charge in [0, 0.05) is 0 Å². The van der Waals surface area contributed by atoms with Crippen LogP contribution < -0.4 is 0 Å². The van der Waals surface area contributed by atoms with Crippen LogP contribution in [0, 0.1) is 5.92 Å². The van der Waals surface area contributed by atoms with Gasteiger partial charge in [-0.25, -0.2) is 0 Å². The van der Waals surface area contributed by atoms with Crippen molar-refractivity contribution in [3.63, 3.8) is 0 Å². The highest BCUT2D eigenvalue weighted by molar-refractivity contribution is 5.14. The average molecular weight is 222 g/mol. The number of rotatable bonds is 4. The van der Waals surface area contributed by atoms with Gasteiger partial charge in [0.25, 0.3) is 0 Å². The van der Waals surface area contributed by atoms with Crippen LogP contribution in [0.5, 0.6) is 0 Å². The van der Waals surface area contributed by atoms with Crippen molar-refractivity contribution >= 4 is 0 Å². The quantitative estimate of drug-likeness (QED) is 0.611. The molecule has 0 aliphatic rings. The lowest BCUT2D eigenvalue weighted by Crippen LogP contribution is -1.90. The smallest absolute Gasteiger partial charge is 0.0279 e. The molecular weight excluding hydrogens is 192 g/mol. The van der Waals surface area contributed by atoms with E-state index < -0.39 is 0 Å². The van der Waals surface area contributed by atoms with Crippen LogP contribution in [0.1, 0.15) is 59.9 Å². The second-order valence-corrected chi connectivity index (χ2v) is 3.77. The average Bonchev–Trinajstić information content (AvgIpc) is 2.35. The minimum atomic E-state index is 0.841. The second kappa shape index (κ2) is 14.2. The molecule has 1 rings (SSSR count). The van der Waals surface area contributed by atoms with Crippen LogP contribution in [-0.2, 0) is 6.42 Å². The van der Waals surface area contributed by atoms with E-state index in [4.69, 9.17) is 0 Å². The highest BCUT2D eigenvalue weighted by Gasteiger charge is 1.94. The summed E-state index contributed by atoms with van der Waals surface area (Å²) in [4.78, 5) is 0. The van der Waals surface area contributed by atoms with Crippen molar-refractivity contribution in [1.82, 2.24) is 0 Å². The standard InChI is InChI=1S/C12H18.2C2H6/c1-11(2)7-6-10-12-8-4-3-5-9-12;2*1-2/h3-5,8-9,11H,6-7,10H2,1-2H3;2*1-2H3. The molecule has 0 saturated carbocycles. The first-order valence-corrected chi connectivity index (χ1v) is 6.83. The van der Waals surface area contributed by atoms with Crippen molar-refractivity contribution in [2.75, 3.05) is 0 Å². The summed E-state index contributed by atoms with van der Waals surface area (Å²) in [6.45, 7) is 12.6. The van der Waals surface area contributed by atoms with Gasteiger partial charge in [-0.3, -0.25) is 0 Å². The van der Waals surface area contributed by atoms with Gasteiger partial charge in [0.05, 0.1) is 0 Å². The minimum absolute atomic E-state index is 0.841. The van der Waals surface area contributed by atoms with E-state index in [1.54, 1.807) is 0 Å². The number of hydrogen-bond donors (Lipinski definition) is 0. The SMILES string of the molecule is CC.CC.CC(C)CCCc1ccccc1. The summed E-state index contributed by atoms with van der Waals surface area (Å²) >= 11 is 0. The van der Waals surface area contributed by atoms with Crippen molar-refractivity contribution in [3.8, 4) is 0 Å². The van der Waals surface area contributed by atoms with Crippen molar-refractivity contribution in [1.29, 1.82) is 0 Å². The van der Waals surface area contributed by atoms with E-state index in [2.05, 4.69) is 44.2 Å². The Morgan fingerprint density at radius 3 is 1.81 bits per heavy atom. The van der Waals surface area contributed by atoms with Gasteiger partial charge in [-0.1, -0.05) is 78.3 Å². The maximum Gasteiger partial charge on any atom is -0.0279 e. The lowest BCUT2D eigenvalue weighted by Gasteiger charge is -2.03. The normalized spacial score (nSPS) is 8.69. The maximum atomic E-state index is 2.28. The van der Waals surface area contributed by atoms with E-state index in [0.29, 0.717) is 0 Å². The monoisotopic (exact) mass is 222 g/mol. The zero-order valence-electron chi connectivity index (χ0n) is 12.1. The predicted molar refractivity (Wildman–Crippen MR) is 76.9 cm³/mol. The molecule has 1 aromatic rings. The number of hydrogen-bond acceptors (Lipinski definition) is 0. The van der Waals surface area contributed by atoms with Crippen molar-refractivity contribution in [2.24, 2.45) is 5.92 Å². The predicted octanol–water partition coefficient (Wildman–Crippen LogP) is 5.72. The van der Waals surface area contributed by atoms with Crippen molar-refractivity contribution in [2.45, 2.75) is 60.8 Å². The Hall–Kier alpha value is -0.780. The molecule has 0 radical (unpaired) electrons. The molecule has 0 aliphatic heterocycles. The Balaban J connectivity index is 0. The zero-order chi connectivity index (χ0) is 12.8. The molecule has 16 heavy (non-hydrogen) atoms. The van der Waals surface area contributed by atoms with Gasteiger partial charge in [0.1, 0.15) is 0 Å². The molecule has 0 unspecified atom stereocenters. The molecular formula is C16H30. The van der Waals surface area contributed by atoms with E-state index in [1.807, 2.05) is 27.7 Å². The van der Waals surface area contributed by atoms with Crippen LogP contribution in [0.25, 0.3) is 0 Å². The summed E-state index contributed by atoms with van der Waals surface area (Å²) in [6.07, 6.45) is 3.90. The van der Waals surface area contributed by atoms with Gasteiger partial charge < -0.3 is 0 Å². The Kier molecular flexibility index (Phi) is 15.7. The molecule has 1 aromatic carbocycles. The van der Waals surface area contributed by atoms with Crippen molar-refractivity contribution in [3.05, 3.63) is 35.9 Å². The fourth-order valence-corrected chi connectivity index (χ4v) is 1.36. The summed E-state index contributed by atoms with van der Waals surface area (Å²) in [7, 11) is 0. The zero-order valence-corrected chi connectivity index (χ0v) is 12.1. The van der Waals surface area contributed by atoms with Crippen molar-refractivity contribution < 1.29 is 0 Å². The molecule has 0 bridgehead atoms. The molecule has 94 valence electrons. The highest BCUT2D eigenvalue weighted by Crippen LogP contribution is 2.09. The first-order chi connectivity index (χ1) is 7.79. The first kappa shape index (κ1) is 17.6. The third-order valence-corrected chi connectivity index (χ3v) is 2.09. The first-order valence-electron chi connectivity index (χ1n) is 6.83. The lowest BCUT2D eigenvalue weighted by atomic mass is 10.0. The molecule has 0 aromatic heterocycles. The summed E-state index contributed by atoms with van der Waals surface area (Å²) in [5, 5.41) is 0. The van der Waals surface area contributed by atoms with Gasteiger partial charge in [0.15, 0.2) is 0 Å². The third kappa shape index (κ3) is 11.3.